The minimum atomic E-state index is -4.96. The number of aliphatic imine (C=N–C) groups is 2. The minimum Gasteiger partial charge on any atom is -0.478 e. The number of nitrogen functional groups attached to an aromatic ring is 3. The molecule has 6 aromatic rings. The second kappa shape index (κ2) is 32.0. The second-order valence-corrected chi connectivity index (χ2v) is 31.5. The van der Waals surface area contributed by atoms with Gasteiger partial charge in [0.25, 0.3) is 0 Å². The van der Waals surface area contributed by atoms with Gasteiger partial charge in [-0.25, -0.2) is 52.2 Å². The molecule has 6 atom stereocenters. The zero-order valence-corrected chi connectivity index (χ0v) is 61.5. The average Bonchev–Trinajstić information content (AvgIpc) is 1.75. The van der Waals surface area contributed by atoms with Crippen LogP contribution in [0.3, 0.4) is 0 Å². The number of nitrogens with zero attached hydrogens (tertiary/aromatic N) is 20. The van der Waals surface area contributed by atoms with Crippen LogP contribution in [0.4, 0.5) is 15.4 Å². The van der Waals surface area contributed by atoms with Crippen molar-refractivity contribution in [3.05, 3.63) is 68.9 Å². The first-order chi connectivity index (χ1) is 52.1. The maximum Gasteiger partial charge on any atom is 0.362 e. The third-order valence-electron chi connectivity index (χ3n) is 17.1. The van der Waals surface area contributed by atoms with Crippen molar-refractivity contribution < 1.29 is 112 Å². The summed E-state index contributed by atoms with van der Waals surface area (Å²) in [6.07, 6.45) is 3.69. The van der Waals surface area contributed by atoms with E-state index in [2.05, 4.69) is 71.3 Å². The zero-order valence-electron chi connectivity index (χ0n) is 56.6. The summed E-state index contributed by atoms with van der Waals surface area (Å²) in [4.78, 5) is 147. The van der Waals surface area contributed by atoms with Gasteiger partial charge in [-0.15, -0.1) is 49.3 Å². The SMILES string of the molecule is NC(N)=NCc1cn(C[C@@H]2[C@H](CC(=O)/C(=N/OC3(C(=O)O)CC3)c3csc(N)n3)C(=O)N2S(=O)(=O)O)nn1.NC(N)=NCc1cn(C[C@@H]2[C@H](CC(=O)/C(=N\OC3(C(=O)O)CC3)c3csc(N)n3)C(=O)N2S(=O)(=O)O)nn1.NCc1cn(C[C@@H]2[C@H](CC(=O)/C(=N\OC3(C(=O)O)CC3)c3csc(N)n3)C(=O)N2S(=O)(=O)O)nn1. The van der Waals surface area contributed by atoms with E-state index in [1.807, 2.05) is 0 Å². The van der Waals surface area contributed by atoms with E-state index in [0.717, 1.165) is 34.0 Å². The first-order valence-corrected chi connectivity index (χ1v) is 38.5. The van der Waals surface area contributed by atoms with Crippen LogP contribution >= 0.6 is 34.0 Å². The van der Waals surface area contributed by atoms with Gasteiger partial charge in [-0.3, -0.25) is 56.5 Å². The van der Waals surface area contributed by atoms with E-state index in [4.69, 9.17) is 60.4 Å². The van der Waals surface area contributed by atoms with Gasteiger partial charge < -0.3 is 75.7 Å². The summed E-state index contributed by atoms with van der Waals surface area (Å²) < 4.78 is 104. The number of hydrogen-bond donors (Lipinski definition) is 14. The molecule has 0 aromatic carbocycles. The van der Waals surface area contributed by atoms with Crippen LogP contribution < -0.4 is 45.9 Å². The van der Waals surface area contributed by atoms with E-state index in [1.54, 1.807) is 0 Å². The molecule has 0 radical (unpaired) electrons. The number of thiazole rings is 3. The molecule has 0 bridgehead atoms. The van der Waals surface area contributed by atoms with Crippen molar-refractivity contribution in [3.63, 3.8) is 0 Å². The van der Waals surface area contributed by atoms with E-state index in [0.29, 0.717) is 17.1 Å². The van der Waals surface area contributed by atoms with E-state index in [-0.39, 0.29) is 152 Å². The Labute approximate surface area is 633 Å². The summed E-state index contributed by atoms with van der Waals surface area (Å²) >= 11 is 2.98. The summed E-state index contributed by atoms with van der Waals surface area (Å²) in [5.41, 5.74) is 38.8. The lowest BCUT2D eigenvalue weighted by atomic mass is 9.84. The van der Waals surface area contributed by atoms with Gasteiger partial charge in [0.05, 0.1) is 86.7 Å². The Kier molecular flexibility index (Phi) is 23.6. The molecule has 3 saturated carbocycles. The molecule has 3 aliphatic heterocycles. The maximum atomic E-state index is 13.2. The van der Waals surface area contributed by atoms with Gasteiger partial charge in [0.15, 0.2) is 61.8 Å². The highest BCUT2D eigenvalue weighted by Crippen LogP contribution is 2.43. The number of carbonyl (C=O) groups excluding carboxylic acids is 6. The second-order valence-electron chi connectivity index (χ2n) is 24.9. The van der Waals surface area contributed by atoms with Crippen LogP contribution in [-0.4, -0.2) is 244 Å². The lowest BCUT2D eigenvalue weighted by molar-refractivity contribution is -0.154. The summed E-state index contributed by atoms with van der Waals surface area (Å²) in [6.45, 7) is -0.665. The van der Waals surface area contributed by atoms with Crippen LogP contribution in [0.15, 0.2) is 60.2 Å². The standard InChI is InChI=1S/2C18H22N10O8S2.C17H20N8O8S2/c2*19-16(20)22-4-8-5-27(26-24-8)6-11-9(14(30)28(11)38(33,34)35)3-12(29)13(10-7-37-17(21)23-10)25-36-18(1-2-18)15(31)32;18-4-8-5-24(23-21-8)6-11-9(14(27)25(11)35(30,31)32)3-12(26)13(10-7-34-16(19)20-10)22-33-17(1-2-17)15(28)29/h2*5,7,9,11H,1-4,6H2,(H2,21,23)(H,31,32)(H4,19,20,22)(H,33,34,35);5,7,9,11H,1-4,6,18H2,(H2,19,20)(H,28,29)(H,30,31,32)/b25-13+;25-13-;22-13-/t3*9-,11+/m000/s1. The van der Waals surface area contributed by atoms with Crippen molar-refractivity contribution in [3.8, 4) is 0 Å². The number of aliphatic carboxylic acids is 3. The van der Waals surface area contributed by atoms with Crippen molar-refractivity contribution >= 4 is 162 Å². The number of β-lactam (4-membered cyclic amide) rings is 3. The number of guanidine groups is 2. The number of carbonyl (C=O) groups is 9. The largest absolute Gasteiger partial charge is 0.478 e. The van der Waals surface area contributed by atoms with Gasteiger partial charge in [0.1, 0.15) is 28.5 Å². The monoisotopic (exact) mass is 1670 g/mol. The molecule has 3 amide bonds. The molecule has 6 aromatic heterocycles. The fourth-order valence-corrected chi connectivity index (χ4v) is 15.3. The Hall–Kier alpha value is -11.8. The summed E-state index contributed by atoms with van der Waals surface area (Å²) in [7, 11) is -14.8. The fourth-order valence-electron chi connectivity index (χ4n) is 10.9. The van der Waals surface area contributed by atoms with Gasteiger partial charge in [0, 0.05) is 86.7 Å². The number of amides is 3. The number of carboxylic acid groups (broad SMARTS) is 3. The summed E-state index contributed by atoms with van der Waals surface area (Å²) in [5.74, 6) is -13.1. The molecule has 22 N–H and O–H groups in total. The molecule has 6 aliphatic rings. The highest BCUT2D eigenvalue weighted by atomic mass is 32.2. The number of nitrogens with two attached hydrogens (primary N) is 8. The van der Waals surface area contributed by atoms with E-state index < -0.39 is 156 Å². The number of carboxylic acids is 3. The predicted molar refractivity (Wildman–Crippen MR) is 374 cm³/mol. The molecule has 0 spiro atoms. The van der Waals surface area contributed by atoms with Crippen molar-refractivity contribution in [1.82, 2.24) is 72.8 Å². The van der Waals surface area contributed by atoms with Gasteiger partial charge in [-0.1, -0.05) is 31.1 Å². The number of oxime groups is 3. The molecule has 111 heavy (non-hydrogen) atoms. The maximum absolute atomic E-state index is 13.2. The summed E-state index contributed by atoms with van der Waals surface area (Å²) in [5, 5.41) is 66.6. The van der Waals surface area contributed by atoms with E-state index >= 15 is 0 Å². The molecule has 52 nitrogen and oxygen atoms in total. The van der Waals surface area contributed by atoms with Gasteiger partial charge >= 0.3 is 48.8 Å². The highest BCUT2D eigenvalue weighted by molar-refractivity contribution is 7.84. The number of hydrogen-bond acceptors (Lipinski definition) is 39. The average molecular weight is 1670 g/mol. The first-order valence-electron chi connectivity index (χ1n) is 31.7. The molecule has 0 unspecified atom stereocenters. The van der Waals surface area contributed by atoms with Crippen molar-refractivity contribution in [2.45, 2.75) is 132 Å². The van der Waals surface area contributed by atoms with Crippen LogP contribution in [0, 0.1) is 17.8 Å². The van der Waals surface area contributed by atoms with Crippen molar-refractivity contribution in [2.75, 3.05) is 17.2 Å². The van der Waals surface area contributed by atoms with Gasteiger partial charge in [0.2, 0.25) is 34.5 Å². The predicted octanol–water partition coefficient (Wildman–Crippen LogP) is -6.16. The van der Waals surface area contributed by atoms with Gasteiger partial charge in [-0.2, -0.15) is 25.3 Å². The molecule has 9 heterocycles. The number of anilines is 3. The first kappa shape index (κ1) is 81.7. The Morgan fingerprint density at radius 3 is 0.937 bits per heavy atom. The third-order valence-corrected chi connectivity index (χ3v) is 22.0. The lowest BCUT2D eigenvalue weighted by Crippen LogP contribution is -2.64. The van der Waals surface area contributed by atoms with Crippen molar-refractivity contribution in [1.29, 1.82) is 0 Å². The Morgan fingerprint density at radius 1 is 0.468 bits per heavy atom. The molecule has 596 valence electrons. The molecular weight excluding hydrogens is 1610 g/mol. The van der Waals surface area contributed by atoms with Crippen LogP contribution in [-0.2, 0) is 128 Å². The third kappa shape index (κ3) is 18.9. The van der Waals surface area contributed by atoms with Crippen molar-refractivity contribution in [2.24, 2.45) is 71.9 Å². The van der Waals surface area contributed by atoms with Crippen LogP contribution in [0.5, 0.6) is 0 Å². The molecule has 58 heteroatoms. The topological polar surface area (TPSA) is 816 Å². The van der Waals surface area contributed by atoms with Crippen LogP contribution in [0.1, 0.15) is 92.0 Å². The van der Waals surface area contributed by atoms with E-state index in [1.165, 1.54) is 48.8 Å². The lowest BCUT2D eigenvalue weighted by Gasteiger charge is -2.43. The molecule has 6 fully saturated rings. The van der Waals surface area contributed by atoms with Crippen LogP contribution in [0.2, 0.25) is 0 Å². The number of ketones is 3. The molecule has 3 aliphatic carbocycles. The quantitative estimate of drug-likeness (QED) is 0.00579. The smallest absolute Gasteiger partial charge is 0.362 e. The highest BCUT2D eigenvalue weighted by Gasteiger charge is 2.60. The normalized spacial score (nSPS) is 20.8. The minimum absolute atomic E-state index is 0.00528. The number of rotatable bonds is 35. The molecule has 12 rings (SSSR count). The van der Waals surface area contributed by atoms with E-state index in [9.17, 15) is 97.4 Å². The van der Waals surface area contributed by atoms with Gasteiger partial charge in [-0.05, 0) is 0 Å². The number of aromatic nitrogens is 12. The molecule has 3 saturated heterocycles. The van der Waals surface area contributed by atoms with Crippen LogP contribution in [0.25, 0.3) is 0 Å². The number of Topliss-reactive ketones (excluding diaryl/α,β-unsaturated/α-hetero) is 3. The molecular formula is C53H64N28O24S6. The Morgan fingerprint density at radius 2 is 0.730 bits per heavy atom. The summed E-state index contributed by atoms with van der Waals surface area (Å²) in [6, 6.07) is -3.59. The Balaban J connectivity index is 0.000000177. The zero-order chi connectivity index (χ0) is 81.2. The fraction of sp³-hybridized carbons (Fsp3) is 0.453. The Bertz CT molecular complexity index is 4980.